The molecule has 1 aromatic rings. The van der Waals surface area contributed by atoms with E-state index in [1.54, 1.807) is 34.1 Å². The van der Waals surface area contributed by atoms with E-state index >= 15 is 0 Å². The van der Waals surface area contributed by atoms with Crippen molar-refractivity contribution in [2.45, 2.75) is 89.2 Å². The Balaban J connectivity index is 1.65. The average Bonchev–Trinajstić information content (AvgIpc) is 2.82. The van der Waals surface area contributed by atoms with Crippen LogP contribution in [0.25, 0.3) is 0 Å². The lowest BCUT2D eigenvalue weighted by molar-refractivity contribution is -0.136. The molecule has 9 heteroatoms. The highest BCUT2D eigenvalue weighted by Crippen LogP contribution is 2.20. The normalized spacial score (nSPS) is 21.7. The number of sulfonamides is 1. The van der Waals surface area contributed by atoms with Gasteiger partial charge in [-0.25, -0.2) is 13.2 Å². The summed E-state index contributed by atoms with van der Waals surface area (Å²) >= 11 is 0. The predicted octanol–water partition coefficient (Wildman–Crippen LogP) is 3.26. The molecule has 1 saturated heterocycles. The molecule has 2 aliphatic rings. The van der Waals surface area contributed by atoms with E-state index in [4.69, 9.17) is 0 Å². The first kappa shape index (κ1) is 26.5. The van der Waals surface area contributed by atoms with Crippen LogP contribution in [0.1, 0.15) is 64.9 Å². The maximum atomic E-state index is 13.5. The van der Waals surface area contributed by atoms with Gasteiger partial charge in [-0.15, -0.1) is 0 Å². The van der Waals surface area contributed by atoms with Crippen molar-refractivity contribution in [1.29, 1.82) is 0 Å². The molecule has 2 N–H and O–H groups in total. The van der Waals surface area contributed by atoms with Crippen LogP contribution in [-0.2, 0) is 14.8 Å². The number of hydrogen-bond donors (Lipinski definition) is 2. The highest BCUT2D eigenvalue weighted by atomic mass is 32.2. The van der Waals surface area contributed by atoms with Gasteiger partial charge in [0.15, 0.2) is 0 Å². The first-order valence-electron chi connectivity index (χ1n) is 12.6. The Morgan fingerprint density at radius 1 is 1.09 bits per heavy atom. The number of benzene rings is 1. The number of rotatable bonds is 7. The lowest BCUT2D eigenvalue weighted by atomic mass is 9.95. The fourth-order valence-electron chi connectivity index (χ4n) is 4.76. The molecular weight excluding hydrogens is 452 g/mol. The van der Waals surface area contributed by atoms with E-state index in [-0.39, 0.29) is 34.8 Å². The van der Waals surface area contributed by atoms with Gasteiger partial charge >= 0.3 is 6.03 Å². The van der Waals surface area contributed by atoms with Crippen molar-refractivity contribution in [1.82, 2.24) is 19.8 Å². The summed E-state index contributed by atoms with van der Waals surface area (Å²) in [7, 11) is -3.84. The van der Waals surface area contributed by atoms with Crippen LogP contribution in [-0.4, -0.2) is 67.9 Å². The van der Waals surface area contributed by atoms with Crippen molar-refractivity contribution in [2.75, 3.05) is 19.6 Å². The maximum Gasteiger partial charge on any atom is 0.317 e. The summed E-state index contributed by atoms with van der Waals surface area (Å²) in [5, 5.41) is 3.16. The van der Waals surface area contributed by atoms with E-state index in [0.717, 1.165) is 31.2 Å². The molecule has 2 fully saturated rings. The standard InChI is InChI=1S/C25H40N4O4S/c1-5-19(3)23(27-34(32,33)22-13-11-18(2)12-14-22)24(30)28-15-16-29(20(4)17-28)25(31)26-21-9-7-6-8-10-21/h11-14,19-21,23,27H,5-10,15-17H2,1-4H3,(H,26,31). The Kier molecular flexibility index (Phi) is 8.98. The van der Waals surface area contributed by atoms with Crippen LogP contribution in [0, 0.1) is 12.8 Å². The lowest BCUT2D eigenvalue weighted by Crippen LogP contribution is -2.61. The number of amides is 3. The molecule has 3 rings (SSSR count). The Labute approximate surface area is 204 Å². The monoisotopic (exact) mass is 492 g/mol. The van der Waals surface area contributed by atoms with Gasteiger partial charge in [0.2, 0.25) is 15.9 Å². The lowest BCUT2D eigenvalue weighted by Gasteiger charge is -2.42. The van der Waals surface area contributed by atoms with Gasteiger partial charge in [-0.05, 0) is 44.7 Å². The van der Waals surface area contributed by atoms with E-state index in [2.05, 4.69) is 10.0 Å². The topological polar surface area (TPSA) is 98.8 Å². The van der Waals surface area contributed by atoms with Crippen LogP contribution in [0.5, 0.6) is 0 Å². The van der Waals surface area contributed by atoms with E-state index in [9.17, 15) is 18.0 Å². The summed E-state index contributed by atoms with van der Waals surface area (Å²) in [6.07, 6.45) is 6.24. The third-order valence-electron chi connectivity index (χ3n) is 7.23. The van der Waals surface area contributed by atoms with E-state index in [0.29, 0.717) is 26.1 Å². The molecule has 1 heterocycles. The van der Waals surface area contributed by atoms with E-state index in [1.165, 1.54) is 6.42 Å². The van der Waals surface area contributed by atoms with Gasteiger partial charge in [0.05, 0.1) is 4.90 Å². The van der Waals surface area contributed by atoms with Crippen molar-refractivity contribution >= 4 is 22.0 Å². The Hall–Kier alpha value is -2.13. The molecule has 0 aromatic heterocycles. The second-order valence-corrected chi connectivity index (χ2v) is 11.6. The number of piperazine rings is 1. The van der Waals surface area contributed by atoms with E-state index in [1.807, 2.05) is 27.7 Å². The molecule has 0 spiro atoms. The fraction of sp³-hybridized carbons (Fsp3) is 0.680. The van der Waals surface area contributed by atoms with Crippen LogP contribution < -0.4 is 10.0 Å². The molecule has 1 saturated carbocycles. The number of hydrogen-bond acceptors (Lipinski definition) is 4. The number of nitrogens with one attached hydrogen (secondary N) is 2. The average molecular weight is 493 g/mol. The molecule has 3 unspecified atom stereocenters. The van der Waals surface area contributed by atoms with Gasteiger partial charge < -0.3 is 15.1 Å². The number of carbonyl (C=O) groups is 2. The molecule has 0 radical (unpaired) electrons. The second kappa shape index (κ2) is 11.5. The van der Waals surface area contributed by atoms with E-state index < -0.39 is 16.1 Å². The number of urea groups is 1. The third kappa shape index (κ3) is 6.50. The number of nitrogens with zero attached hydrogens (tertiary/aromatic N) is 2. The Morgan fingerprint density at radius 3 is 2.32 bits per heavy atom. The quantitative estimate of drug-likeness (QED) is 0.610. The third-order valence-corrected chi connectivity index (χ3v) is 8.68. The minimum atomic E-state index is -3.84. The van der Waals surface area contributed by atoms with Crippen molar-refractivity contribution in [3.05, 3.63) is 29.8 Å². The predicted molar refractivity (Wildman–Crippen MR) is 133 cm³/mol. The van der Waals surface area contributed by atoms with Gasteiger partial charge in [0.25, 0.3) is 0 Å². The maximum absolute atomic E-state index is 13.5. The first-order valence-corrected chi connectivity index (χ1v) is 14.1. The highest BCUT2D eigenvalue weighted by Gasteiger charge is 2.37. The minimum Gasteiger partial charge on any atom is -0.337 e. The Bertz CT molecular complexity index is 944. The van der Waals surface area contributed by atoms with Gasteiger partial charge in [0.1, 0.15) is 6.04 Å². The van der Waals surface area contributed by atoms with Crippen molar-refractivity contribution in [3.8, 4) is 0 Å². The molecule has 1 aliphatic heterocycles. The van der Waals surface area contributed by atoms with Gasteiger partial charge in [-0.1, -0.05) is 57.2 Å². The van der Waals surface area contributed by atoms with Crippen molar-refractivity contribution in [2.24, 2.45) is 5.92 Å². The molecule has 3 amide bonds. The van der Waals surface area contributed by atoms with Crippen LogP contribution in [0.3, 0.4) is 0 Å². The zero-order valence-corrected chi connectivity index (χ0v) is 21.7. The van der Waals surface area contributed by atoms with Crippen LogP contribution in [0.15, 0.2) is 29.2 Å². The van der Waals surface area contributed by atoms with Crippen molar-refractivity contribution < 1.29 is 18.0 Å². The SMILES string of the molecule is CCC(C)C(NS(=O)(=O)c1ccc(C)cc1)C(=O)N1CCN(C(=O)NC2CCCCC2)C(C)C1. The summed E-state index contributed by atoms with van der Waals surface area (Å²) < 4.78 is 28.7. The molecule has 34 heavy (non-hydrogen) atoms. The van der Waals surface area contributed by atoms with Crippen LogP contribution in [0.4, 0.5) is 4.79 Å². The molecule has 1 aliphatic carbocycles. The second-order valence-electron chi connectivity index (χ2n) is 9.91. The smallest absolute Gasteiger partial charge is 0.317 e. The van der Waals surface area contributed by atoms with Gasteiger partial charge in [-0.3, -0.25) is 4.79 Å². The minimum absolute atomic E-state index is 0.0648. The molecular formula is C25H40N4O4S. The molecule has 0 bridgehead atoms. The summed E-state index contributed by atoms with van der Waals surface area (Å²) in [5.41, 5.74) is 0.966. The van der Waals surface area contributed by atoms with Gasteiger partial charge in [0, 0.05) is 31.7 Å². The largest absolute Gasteiger partial charge is 0.337 e. The molecule has 3 atom stereocenters. The summed E-state index contributed by atoms with van der Waals surface area (Å²) in [5.74, 6) is -0.403. The summed E-state index contributed by atoms with van der Waals surface area (Å²) in [6, 6.07) is 5.77. The summed E-state index contributed by atoms with van der Waals surface area (Å²) in [4.78, 5) is 30.0. The first-order chi connectivity index (χ1) is 16.1. The zero-order valence-electron chi connectivity index (χ0n) is 20.9. The van der Waals surface area contributed by atoms with Crippen LogP contribution >= 0.6 is 0 Å². The molecule has 1 aromatic carbocycles. The highest BCUT2D eigenvalue weighted by molar-refractivity contribution is 7.89. The van der Waals surface area contributed by atoms with Gasteiger partial charge in [-0.2, -0.15) is 4.72 Å². The number of aryl methyl sites for hydroxylation is 1. The number of carbonyl (C=O) groups excluding carboxylic acids is 2. The fourth-order valence-corrected chi connectivity index (χ4v) is 6.06. The van der Waals surface area contributed by atoms with Crippen LogP contribution in [0.2, 0.25) is 0 Å². The van der Waals surface area contributed by atoms with Crippen molar-refractivity contribution in [3.63, 3.8) is 0 Å². The molecule has 190 valence electrons. The zero-order chi connectivity index (χ0) is 24.9. The molecule has 8 nitrogen and oxygen atoms in total. The Morgan fingerprint density at radius 2 is 1.74 bits per heavy atom. The summed E-state index contributed by atoms with van der Waals surface area (Å²) in [6.45, 7) is 8.87.